The lowest BCUT2D eigenvalue weighted by Gasteiger charge is -2.33. The zero-order valence-corrected chi connectivity index (χ0v) is 13.0. The molecule has 1 atom stereocenters. The Morgan fingerprint density at radius 2 is 1.95 bits per heavy atom. The number of alkyl halides is 2. The highest BCUT2D eigenvalue weighted by atomic mass is 19.3. The average molecular weight is 315 g/mol. The highest BCUT2D eigenvalue weighted by molar-refractivity contribution is 5.43. The van der Waals surface area contributed by atoms with E-state index in [9.17, 15) is 13.9 Å². The van der Waals surface area contributed by atoms with Gasteiger partial charge in [-0.15, -0.1) is 0 Å². The van der Waals surface area contributed by atoms with E-state index in [2.05, 4.69) is 9.64 Å². The summed E-state index contributed by atoms with van der Waals surface area (Å²) >= 11 is 0. The van der Waals surface area contributed by atoms with Gasteiger partial charge in [0.05, 0.1) is 13.2 Å². The molecular formula is C16H23F2NO3. The van der Waals surface area contributed by atoms with Crippen molar-refractivity contribution in [2.45, 2.75) is 39.0 Å². The number of hydrogen-bond donors (Lipinski definition) is 1. The first-order valence-electron chi connectivity index (χ1n) is 7.51. The normalized spacial score (nSPS) is 18.5. The molecule has 22 heavy (non-hydrogen) atoms. The van der Waals surface area contributed by atoms with Crippen molar-refractivity contribution in [2.24, 2.45) is 5.92 Å². The van der Waals surface area contributed by atoms with Crippen LogP contribution in [0.15, 0.2) is 18.2 Å². The number of benzene rings is 1. The van der Waals surface area contributed by atoms with Crippen LogP contribution >= 0.6 is 0 Å². The Labute approximate surface area is 129 Å². The molecule has 1 N–H and O–H groups in total. The molecule has 1 aromatic carbocycles. The minimum Gasteiger partial charge on any atom is -0.493 e. The molecule has 0 spiro atoms. The molecule has 4 nitrogen and oxygen atoms in total. The van der Waals surface area contributed by atoms with Crippen molar-refractivity contribution in [3.05, 3.63) is 23.8 Å². The second-order valence-electron chi connectivity index (χ2n) is 5.72. The number of hydrogen-bond acceptors (Lipinski definition) is 4. The van der Waals surface area contributed by atoms with Crippen molar-refractivity contribution in [1.82, 2.24) is 4.90 Å². The first-order chi connectivity index (χ1) is 10.5. The van der Waals surface area contributed by atoms with E-state index >= 15 is 0 Å². The number of halogens is 2. The van der Waals surface area contributed by atoms with E-state index in [0.29, 0.717) is 18.2 Å². The van der Waals surface area contributed by atoms with Gasteiger partial charge in [-0.2, -0.15) is 8.78 Å². The Morgan fingerprint density at radius 1 is 1.27 bits per heavy atom. The summed E-state index contributed by atoms with van der Waals surface area (Å²) in [6, 6.07) is 5.11. The second-order valence-corrected chi connectivity index (χ2v) is 5.72. The molecule has 1 unspecified atom stereocenters. The molecule has 0 amide bonds. The summed E-state index contributed by atoms with van der Waals surface area (Å²) in [5.41, 5.74) is 0.909. The lowest BCUT2D eigenvalue weighted by Crippen LogP contribution is -2.36. The van der Waals surface area contributed by atoms with Crippen LogP contribution in [0.5, 0.6) is 11.5 Å². The van der Waals surface area contributed by atoms with Gasteiger partial charge >= 0.3 is 6.61 Å². The fraction of sp³-hybridized carbons (Fsp3) is 0.625. The number of ether oxygens (including phenoxy) is 2. The van der Waals surface area contributed by atoms with Crippen molar-refractivity contribution >= 4 is 0 Å². The summed E-state index contributed by atoms with van der Waals surface area (Å²) in [6.07, 6.45) is 1.64. The molecule has 0 radical (unpaired) electrons. The number of rotatable bonds is 6. The van der Waals surface area contributed by atoms with E-state index in [1.807, 2.05) is 13.0 Å². The molecule has 6 heteroatoms. The van der Waals surface area contributed by atoms with Gasteiger partial charge in [0.15, 0.2) is 11.5 Å². The van der Waals surface area contributed by atoms with Gasteiger partial charge in [-0.1, -0.05) is 6.07 Å². The summed E-state index contributed by atoms with van der Waals surface area (Å²) in [6.45, 7) is 1.43. The van der Waals surface area contributed by atoms with E-state index < -0.39 is 6.61 Å². The first kappa shape index (κ1) is 17.0. The number of aliphatic hydroxyl groups is 1. The standard InChI is InChI=1S/C16H23F2NO3/c1-11(20)13-5-7-19(8-6-13)10-12-3-4-14(21-2)15(9-12)22-16(17)18/h3-4,9,11,13,16,20H,5-8,10H2,1-2H3. The van der Waals surface area contributed by atoms with Crippen molar-refractivity contribution in [2.75, 3.05) is 20.2 Å². The van der Waals surface area contributed by atoms with Crippen LogP contribution in [0.3, 0.4) is 0 Å². The van der Waals surface area contributed by atoms with Crippen LogP contribution in [0.4, 0.5) is 8.78 Å². The van der Waals surface area contributed by atoms with Crippen molar-refractivity contribution in [1.29, 1.82) is 0 Å². The van der Waals surface area contributed by atoms with Gasteiger partial charge in [-0.3, -0.25) is 4.90 Å². The Morgan fingerprint density at radius 3 is 2.50 bits per heavy atom. The van der Waals surface area contributed by atoms with Gasteiger partial charge in [0, 0.05) is 6.54 Å². The topological polar surface area (TPSA) is 41.9 Å². The van der Waals surface area contributed by atoms with Crippen LogP contribution in [-0.2, 0) is 6.54 Å². The average Bonchev–Trinajstić information content (AvgIpc) is 2.47. The summed E-state index contributed by atoms with van der Waals surface area (Å²) in [5, 5.41) is 9.61. The van der Waals surface area contributed by atoms with E-state index in [1.54, 1.807) is 12.1 Å². The van der Waals surface area contributed by atoms with Gasteiger partial charge in [-0.05, 0) is 56.5 Å². The molecule has 1 aliphatic rings. The lowest BCUT2D eigenvalue weighted by molar-refractivity contribution is -0.0512. The Bertz CT molecular complexity index is 474. The van der Waals surface area contributed by atoms with Crippen LogP contribution in [0, 0.1) is 5.92 Å². The second kappa shape index (κ2) is 7.74. The molecule has 0 aromatic heterocycles. The van der Waals surface area contributed by atoms with Crippen LogP contribution < -0.4 is 9.47 Å². The van der Waals surface area contributed by atoms with Crippen molar-refractivity contribution in [3.63, 3.8) is 0 Å². The van der Waals surface area contributed by atoms with Gasteiger partial charge in [0.25, 0.3) is 0 Å². The van der Waals surface area contributed by atoms with Gasteiger partial charge < -0.3 is 14.6 Å². The quantitative estimate of drug-likeness (QED) is 0.876. The maximum Gasteiger partial charge on any atom is 0.387 e. The highest BCUT2D eigenvalue weighted by Crippen LogP contribution is 2.30. The molecular weight excluding hydrogens is 292 g/mol. The molecule has 0 bridgehead atoms. The summed E-state index contributed by atoms with van der Waals surface area (Å²) in [4.78, 5) is 2.26. The molecule has 1 aromatic rings. The fourth-order valence-corrected chi connectivity index (χ4v) is 2.86. The molecule has 2 rings (SSSR count). The summed E-state index contributed by atoms with van der Waals surface area (Å²) in [7, 11) is 1.42. The predicted molar refractivity (Wildman–Crippen MR) is 79.3 cm³/mol. The molecule has 1 aliphatic heterocycles. The molecule has 1 saturated heterocycles. The van der Waals surface area contributed by atoms with Crippen LogP contribution in [0.1, 0.15) is 25.3 Å². The smallest absolute Gasteiger partial charge is 0.387 e. The third kappa shape index (κ3) is 4.55. The number of likely N-dealkylation sites (tertiary alicyclic amines) is 1. The van der Waals surface area contributed by atoms with E-state index in [1.165, 1.54) is 7.11 Å². The van der Waals surface area contributed by atoms with Crippen LogP contribution in [-0.4, -0.2) is 42.9 Å². The van der Waals surface area contributed by atoms with Crippen LogP contribution in [0.25, 0.3) is 0 Å². The molecule has 1 fully saturated rings. The SMILES string of the molecule is COc1ccc(CN2CCC(C(C)O)CC2)cc1OC(F)F. The largest absolute Gasteiger partial charge is 0.493 e. The maximum absolute atomic E-state index is 12.4. The monoisotopic (exact) mass is 315 g/mol. The van der Waals surface area contributed by atoms with E-state index in [0.717, 1.165) is 31.5 Å². The molecule has 1 heterocycles. The van der Waals surface area contributed by atoms with E-state index in [-0.39, 0.29) is 11.9 Å². The first-order valence-corrected chi connectivity index (χ1v) is 7.51. The number of piperidine rings is 1. The lowest BCUT2D eigenvalue weighted by atomic mass is 9.92. The molecule has 0 aliphatic carbocycles. The van der Waals surface area contributed by atoms with Crippen molar-refractivity contribution < 1.29 is 23.4 Å². The molecule has 124 valence electrons. The minimum absolute atomic E-state index is 0.0638. The number of methoxy groups -OCH3 is 1. The summed E-state index contributed by atoms with van der Waals surface area (Å²) < 4.78 is 34.4. The Balaban J connectivity index is 1.98. The Kier molecular flexibility index (Phi) is 5.97. The summed E-state index contributed by atoms with van der Waals surface area (Å²) in [5.74, 6) is 0.718. The number of aliphatic hydroxyl groups excluding tert-OH is 1. The zero-order valence-electron chi connectivity index (χ0n) is 13.0. The third-order valence-corrected chi connectivity index (χ3v) is 4.16. The van der Waals surface area contributed by atoms with Crippen LogP contribution in [0.2, 0.25) is 0 Å². The maximum atomic E-state index is 12.4. The zero-order chi connectivity index (χ0) is 16.1. The van der Waals surface area contributed by atoms with Gasteiger partial charge in [-0.25, -0.2) is 0 Å². The van der Waals surface area contributed by atoms with E-state index in [4.69, 9.17) is 4.74 Å². The van der Waals surface area contributed by atoms with Gasteiger partial charge in [0.1, 0.15) is 0 Å². The fourth-order valence-electron chi connectivity index (χ4n) is 2.86. The van der Waals surface area contributed by atoms with Gasteiger partial charge in [0.2, 0.25) is 0 Å². The molecule has 0 saturated carbocycles. The number of nitrogens with zero attached hydrogens (tertiary/aromatic N) is 1. The minimum atomic E-state index is -2.87. The predicted octanol–water partition coefficient (Wildman–Crippen LogP) is 2.89. The highest BCUT2D eigenvalue weighted by Gasteiger charge is 2.23. The Hall–Kier alpha value is -1.40. The third-order valence-electron chi connectivity index (χ3n) is 4.16. The van der Waals surface area contributed by atoms with Crippen molar-refractivity contribution in [3.8, 4) is 11.5 Å².